The van der Waals surface area contributed by atoms with Gasteiger partial charge in [0.15, 0.2) is 0 Å². The molecule has 8 aromatic carbocycles. The second-order valence-electron chi connectivity index (χ2n) is 20.6. The Kier molecular flexibility index (Phi) is 13.1. The van der Waals surface area contributed by atoms with E-state index in [4.69, 9.17) is 9.72 Å². The van der Waals surface area contributed by atoms with Gasteiger partial charge in [0, 0.05) is 72.2 Å². The molecule has 5 nitrogen and oxygen atoms in total. The maximum Gasteiger partial charge on any atom is 0.135 e. The Bertz CT molecular complexity index is 3550. The number of benzene rings is 8. The zero-order valence-electron chi connectivity index (χ0n) is 42.2. The van der Waals surface area contributed by atoms with Crippen molar-refractivity contribution in [3.8, 4) is 28.4 Å². The van der Waals surface area contributed by atoms with Crippen LogP contribution in [0.5, 0.6) is 11.5 Å². The van der Waals surface area contributed by atoms with Gasteiger partial charge in [0.05, 0.1) is 0 Å². The van der Waals surface area contributed by atoms with Gasteiger partial charge < -0.3 is 19.1 Å². The molecule has 0 saturated carbocycles. The number of hydrogen-bond donors (Lipinski definition) is 0. The molecule has 0 saturated heterocycles. The molecule has 0 unspecified atom stereocenters. The molecule has 0 bridgehead atoms. The van der Waals surface area contributed by atoms with E-state index < -0.39 is 0 Å². The summed E-state index contributed by atoms with van der Waals surface area (Å²) in [4.78, 5) is 9.57. The molecular formula is C66H59N4OPt-3. The Hall–Kier alpha value is -7.20. The van der Waals surface area contributed by atoms with Gasteiger partial charge in [-0.05, 0) is 98.6 Å². The molecule has 1 aliphatic heterocycles. The average molecular weight is 1120 g/mol. The topological polar surface area (TPSA) is 33.5 Å². The van der Waals surface area contributed by atoms with Crippen LogP contribution in [0.15, 0.2) is 194 Å². The van der Waals surface area contributed by atoms with Crippen LogP contribution in [0.4, 0.5) is 22.7 Å². The van der Waals surface area contributed by atoms with E-state index >= 15 is 0 Å². The summed E-state index contributed by atoms with van der Waals surface area (Å²) in [6, 6.07) is 74.8. The molecule has 6 heteroatoms. The van der Waals surface area contributed by atoms with Gasteiger partial charge in [-0.3, -0.25) is 0 Å². The summed E-state index contributed by atoms with van der Waals surface area (Å²) < 4.78 is 9.29. The fourth-order valence-corrected chi connectivity index (χ4v) is 10.6. The van der Waals surface area contributed by atoms with Crippen LogP contribution in [-0.2, 0) is 31.9 Å². The van der Waals surface area contributed by atoms with Gasteiger partial charge in [-0.15, -0.1) is 53.6 Å². The molecule has 0 radical (unpaired) electrons. The molecule has 72 heavy (non-hydrogen) atoms. The van der Waals surface area contributed by atoms with Crippen molar-refractivity contribution in [2.24, 2.45) is 0 Å². The molecule has 362 valence electrons. The van der Waals surface area contributed by atoms with E-state index in [9.17, 15) is 0 Å². The first-order valence-electron chi connectivity index (χ1n) is 24.9. The minimum absolute atomic E-state index is 0. The molecule has 3 heterocycles. The average Bonchev–Trinajstić information content (AvgIpc) is 3.95. The van der Waals surface area contributed by atoms with Gasteiger partial charge in [-0.1, -0.05) is 182 Å². The van der Waals surface area contributed by atoms with Crippen molar-refractivity contribution < 1.29 is 25.8 Å². The first kappa shape index (κ1) is 48.4. The SMILES string of the molecule is CC(C)c1cccc(C(C)C)c1-c1cc(Oc2[c-]c3c(cc2)c2ccccc2n3-c2cc(C(C)(C)c3ccccc3)ccn2)[c-]c(N2[CH-]N(c3cccc(C(C)(C)c4ccccc4)c3)c3ccccc32)c1.[Pt]. The quantitative estimate of drug-likeness (QED) is 0.114. The Morgan fingerprint density at radius 3 is 1.76 bits per heavy atom. The molecule has 2 aromatic heterocycles. The van der Waals surface area contributed by atoms with Crippen molar-refractivity contribution in [2.45, 2.75) is 78.1 Å². The third-order valence-electron chi connectivity index (χ3n) is 14.7. The van der Waals surface area contributed by atoms with E-state index in [1.54, 1.807) is 0 Å². The predicted octanol–water partition coefficient (Wildman–Crippen LogP) is 17.5. The first-order valence-corrected chi connectivity index (χ1v) is 24.9. The number of rotatable bonds is 12. The van der Waals surface area contributed by atoms with Gasteiger partial charge in [0.25, 0.3) is 0 Å². The van der Waals surface area contributed by atoms with Crippen LogP contribution in [0.1, 0.15) is 101 Å². The van der Waals surface area contributed by atoms with E-state index in [2.05, 4.69) is 271 Å². The number of ether oxygens (including phenoxy) is 1. The second-order valence-corrected chi connectivity index (χ2v) is 20.6. The number of pyridine rings is 1. The zero-order valence-corrected chi connectivity index (χ0v) is 44.5. The van der Waals surface area contributed by atoms with E-state index in [1.807, 2.05) is 12.3 Å². The van der Waals surface area contributed by atoms with Crippen LogP contribution < -0.4 is 14.5 Å². The van der Waals surface area contributed by atoms with Gasteiger partial charge >= 0.3 is 0 Å². The fourth-order valence-electron chi connectivity index (χ4n) is 10.6. The van der Waals surface area contributed by atoms with Gasteiger partial charge in [0.2, 0.25) is 0 Å². The summed E-state index contributed by atoms with van der Waals surface area (Å²) >= 11 is 0. The van der Waals surface area contributed by atoms with Gasteiger partial charge in [-0.25, -0.2) is 4.98 Å². The molecule has 11 rings (SSSR count). The maximum absolute atomic E-state index is 7.07. The minimum atomic E-state index is -0.245. The van der Waals surface area contributed by atoms with Crippen molar-refractivity contribution in [2.75, 3.05) is 9.80 Å². The fraction of sp³-hybridized carbons (Fsp3) is 0.182. The van der Waals surface area contributed by atoms with Crippen molar-refractivity contribution >= 4 is 44.6 Å². The standard InChI is InChI=1S/C66H59N4O.Pt/c1-44(2)55-28-20-29-56(45(3)4)64(55)46-37-52(69-43-68(60-31-17-18-32-61(60)69)51-26-19-25-49(39-51)65(5,6)47-21-11-9-12-22-47)41-54(38-46)71-53-33-34-58-57-27-15-16-30-59(57)70(62(58)42-53)63-40-50(35-36-67-63)66(7,8)48-23-13-10-14-24-48;/h9-40,43-45H,1-8H3;/q-3;. The van der Waals surface area contributed by atoms with Crippen LogP contribution >= 0.6 is 0 Å². The van der Waals surface area contributed by atoms with Gasteiger partial charge in [0.1, 0.15) is 5.82 Å². The molecule has 1 aliphatic rings. The molecular weight excluding hydrogens is 1060 g/mol. The Labute approximate surface area is 440 Å². The molecule has 0 atom stereocenters. The molecule has 0 spiro atoms. The molecule has 0 aliphatic carbocycles. The smallest absolute Gasteiger partial charge is 0.135 e. The summed E-state index contributed by atoms with van der Waals surface area (Å²) in [6.45, 7) is 20.5. The summed E-state index contributed by atoms with van der Waals surface area (Å²) in [6.07, 6.45) is 1.93. The molecule has 0 fully saturated rings. The van der Waals surface area contributed by atoms with Crippen molar-refractivity contribution in [3.05, 3.63) is 246 Å². The summed E-state index contributed by atoms with van der Waals surface area (Å²) in [5.41, 5.74) is 15.5. The Morgan fingerprint density at radius 2 is 1.10 bits per heavy atom. The van der Waals surface area contributed by atoms with Crippen molar-refractivity contribution in [3.63, 3.8) is 0 Å². The van der Waals surface area contributed by atoms with E-state index in [0.717, 1.165) is 55.9 Å². The normalized spacial score (nSPS) is 12.8. The first-order chi connectivity index (χ1) is 34.4. The second kappa shape index (κ2) is 19.4. The summed E-state index contributed by atoms with van der Waals surface area (Å²) in [5.74, 6) is 2.62. The van der Waals surface area contributed by atoms with Crippen molar-refractivity contribution in [1.82, 2.24) is 9.55 Å². The Morgan fingerprint density at radius 1 is 0.514 bits per heavy atom. The number of para-hydroxylation sites is 3. The number of fused-ring (bicyclic) bond motifs is 4. The van der Waals surface area contributed by atoms with Crippen LogP contribution in [0, 0.1) is 18.8 Å². The number of anilines is 4. The zero-order chi connectivity index (χ0) is 49.0. The number of nitrogens with zero attached hydrogens (tertiary/aromatic N) is 4. The van der Waals surface area contributed by atoms with E-state index in [-0.39, 0.29) is 31.9 Å². The monoisotopic (exact) mass is 1120 g/mol. The van der Waals surface area contributed by atoms with Crippen LogP contribution in [0.25, 0.3) is 38.8 Å². The van der Waals surface area contributed by atoms with Crippen molar-refractivity contribution in [1.29, 1.82) is 0 Å². The molecule has 0 amide bonds. The molecule has 10 aromatic rings. The maximum atomic E-state index is 7.07. The van der Waals surface area contributed by atoms with Crippen LogP contribution in [0.3, 0.4) is 0 Å². The van der Waals surface area contributed by atoms with E-state index in [0.29, 0.717) is 23.3 Å². The van der Waals surface area contributed by atoms with Crippen LogP contribution in [0.2, 0.25) is 0 Å². The largest absolute Gasteiger partial charge is 0.509 e. The predicted molar refractivity (Wildman–Crippen MR) is 295 cm³/mol. The number of hydrogen-bond acceptors (Lipinski definition) is 4. The summed E-state index contributed by atoms with van der Waals surface area (Å²) in [5, 5.41) is 2.21. The van der Waals surface area contributed by atoms with Crippen LogP contribution in [-0.4, -0.2) is 9.55 Å². The number of aromatic nitrogens is 2. The van der Waals surface area contributed by atoms with Gasteiger partial charge in [-0.2, -0.15) is 6.07 Å². The third-order valence-corrected chi connectivity index (χ3v) is 14.7. The summed E-state index contributed by atoms with van der Waals surface area (Å²) in [7, 11) is 0. The Balaban J connectivity index is 0.00000596. The molecule has 0 N–H and O–H groups in total. The van der Waals surface area contributed by atoms with E-state index in [1.165, 1.54) is 38.9 Å². The minimum Gasteiger partial charge on any atom is -0.509 e. The third kappa shape index (κ3) is 8.72.